The lowest BCUT2D eigenvalue weighted by molar-refractivity contribution is -0.0382. The first-order valence-electron chi connectivity index (χ1n) is 6.34. The van der Waals surface area contributed by atoms with Gasteiger partial charge in [-0.05, 0) is 50.3 Å². The molecule has 0 amide bonds. The van der Waals surface area contributed by atoms with Crippen LogP contribution in [-0.4, -0.2) is 17.8 Å². The van der Waals surface area contributed by atoms with E-state index in [1.807, 2.05) is 6.92 Å². The average Bonchev–Trinajstić information content (AvgIpc) is 2.29. The number of rotatable bonds is 5. The number of benzene rings is 1. The number of ether oxygens (including phenoxy) is 1. The SMILES string of the molecule is CCOC1CC(CC(O)c2cc(F)ccc2F)C1. The molecule has 2 rings (SSSR count). The highest BCUT2D eigenvalue weighted by Gasteiger charge is 2.31. The molecule has 1 unspecified atom stereocenters. The molecule has 0 spiro atoms. The molecular formula is C14H18F2O2. The van der Waals surface area contributed by atoms with Crippen LogP contribution in [0.1, 0.15) is 37.9 Å². The predicted octanol–water partition coefficient (Wildman–Crippen LogP) is 3.20. The van der Waals surface area contributed by atoms with Gasteiger partial charge in [0.05, 0.1) is 12.2 Å². The van der Waals surface area contributed by atoms with Crippen LogP contribution in [0.15, 0.2) is 18.2 Å². The third kappa shape index (κ3) is 3.06. The molecule has 18 heavy (non-hydrogen) atoms. The van der Waals surface area contributed by atoms with E-state index >= 15 is 0 Å². The summed E-state index contributed by atoms with van der Waals surface area (Å²) in [4.78, 5) is 0. The fourth-order valence-electron chi connectivity index (χ4n) is 2.45. The largest absolute Gasteiger partial charge is 0.388 e. The van der Waals surface area contributed by atoms with Gasteiger partial charge in [0.25, 0.3) is 0 Å². The fraction of sp³-hybridized carbons (Fsp3) is 0.571. The molecule has 1 saturated carbocycles. The summed E-state index contributed by atoms with van der Waals surface area (Å²) >= 11 is 0. The maximum Gasteiger partial charge on any atom is 0.129 e. The van der Waals surface area contributed by atoms with Crippen LogP contribution in [0.25, 0.3) is 0 Å². The van der Waals surface area contributed by atoms with Crippen LogP contribution in [0.3, 0.4) is 0 Å². The quantitative estimate of drug-likeness (QED) is 0.876. The maximum absolute atomic E-state index is 13.4. The van der Waals surface area contributed by atoms with Gasteiger partial charge in [-0.1, -0.05) is 0 Å². The Kier molecular flexibility index (Phi) is 4.30. The summed E-state index contributed by atoms with van der Waals surface area (Å²) in [6, 6.07) is 3.18. The summed E-state index contributed by atoms with van der Waals surface area (Å²) in [5.41, 5.74) is 0.0508. The number of halogens is 2. The maximum atomic E-state index is 13.4. The monoisotopic (exact) mass is 256 g/mol. The molecule has 1 aromatic rings. The Hall–Kier alpha value is -1.00. The van der Waals surface area contributed by atoms with Crippen LogP contribution >= 0.6 is 0 Å². The Bertz CT molecular complexity index is 403. The molecule has 1 aliphatic carbocycles. The first-order chi connectivity index (χ1) is 8.60. The van der Waals surface area contributed by atoms with Crippen molar-refractivity contribution in [3.8, 4) is 0 Å². The summed E-state index contributed by atoms with van der Waals surface area (Å²) in [6.07, 6.45) is 1.57. The molecule has 100 valence electrons. The topological polar surface area (TPSA) is 29.5 Å². The van der Waals surface area contributed by atoms with Crippen molar-refractivity contribution in [2.24, 2.45) is 5.92 Å². The van der Waals surface area contributed by atoms with Crippen LogP contribution in [0, 0.1) is 17.6 Å². The van der Waals surface area contributed by atoms with Crippen molar-refractivity contribution >= 4 is 0 Å². The number of aliphatic hydroxyl groups excluding tert-OH is 1. The Labute approximate surface area is 106 Å². The molecule has 2 nitrogen and oxygen atoms in total. The van der Waals surface area contributed by atoms with Gasteiger partial charge in [-0.2, -0.15) is 0 Å². The first-order valence-corrected chi connectivity index (χ1v) is 6.34. The van der Waals surface area contributed by atoms with Crippen molar-refractivity contribution in [3.63, 3.8) is 0 Å². The van der Waals surface area contributed by atoms with Crippen LogP contribution in [-0.2, 0) is 4.74 Å². The second kappa shape index (κ2) is 5.76. The Morgan fingerprint density at radius 3 is 2.78 bits per heavy atom. The van der Waals surface area contributed by atoms with Crippen molar-refractivity contribution in [1.29, 1.82) is 0 Å². The van der Waals surface area contributed by atoms with E-state index < -0.39 is 17.7 Å². The molecule has 1 aliphatic rings. The Morgan fingerprint density at radius 1 is 1.39 bits per heavy atom. The number of hydrogen-bond donors (Lipinski definition) is 1. The van der Waals surface area contributed by atoms with E-state index in [0.717, 1.165) is 31.0 Å². The fourth-order valence-corrected chi connectivity index (χ4v) is 2.45. The highest BCUT2D eigenvalue weighted by Crippen LogP contribution is 2.37. The molecule has 0 bridgehead atoms. The zero-order chi connectivity index (χ0) is 13.1. The summed E-state index contributed by atoms with van der Waals surface area (Å²) in [5, 5.41) is 9.93. The van der Waals surface area contributed by atoms with Gasteiger partial charge >= 0.3 is 0 Å². The van der Waals surface area contributed by atoms with Crippen molar-refractivity contribution in [2.45, 2.75) is 38.4 Å². The number of hydrogen-bond acceptors (Lipinski definition) is 2. The van der Waals surface area contributed by atoms with E-state index in [0.29, 0.717) is 18.9 Å². The highest BCUT2D eigenvalue weighted by atomic mass is 19.1. The average molecular weight is 256 g/mol. The molecule has 1 aromatic carbocycles. The minimum Gasteiger partial charge on any atom is -0.388 e. The third-order valence-electron chi connectivity index (χ3n) is 3.47. The molecule has 1 N–H and O–H groups in total. The van der Waals surface area contributed by atoms with E-state index in [9.17, 15) is 13.9 Å². The molecule has 1 fully saturated rings. The van der Waals surface area contributed by atoms with Crippen molar-refractivity contribution in [1.82, 2.24) is 0 Å². The van der Waals surface area contributed by atoms with Gasteiger partial charge in [0.15, 0.2) is 0 Å². The van der Waals surface area contributed by atoms with Crippen LogP contribution in [0.4, 0.5) is 8.78 Å². The van der Waals surface area contributed by atoms with E-state index in [2.05, 4.69) is 0 Å². The molecule has 0 aliphatic heterocycles. The van der Waals surface area contributed by atoms with Gasteiger partial charge in [0.2, 0.25) is 0 Å². The van der Waals surface area contributed by atoms with Gasteiger partial charge in [0.1, 0.15) is 11.6 Å². The molecule has 1 atom stereocenters. The van der Waals surface area contributed by atoms with Crippen molar-refractivity contribution in [3.05, 3.63) is 35.4 Å². The summed E-state index contributed by atoms with van der Waals surface area (Å²) < 4.78 is 31.9. The van der Waals surface area contributed by atoms with Crippen LogP contribution in [0.5, 0.6) is 0 Å². The Balaban J connectivity index is 1.89. The number of aliphatic hydroxyl groups is 1. The molecule has 0 aromatic heterocycles. The lowest BCUT2D eigenvalue weighted by Gasteiger charge is -2.36. The smallest absolute Gasteiger partial charge is 0.129 e. The molecular weight excluding hydrogens is 238 g/mol. The van der Waals surface area contributed by atoms with E-state index in [1.165, 1.54) is 0 Å². The van der Waals surface area contributed by atoms with Crippen molar-refractivity contribution < 1.29 is 18.6 Å². The van der Waals surface area contributed by atoms with E-state index in [4.69, 9.17) is 4.74 Å². The van der Waals surface area contributed by atoms with Gasteiger partial charge < -0.3 is 9.84 Å². The van der Waals surface area contributed by atoms with E-state index in [-0.39, 0.29) is 11.7 Å². The van der Waals surface area contributed by atoms with Crippen molar-refractivity contribution in [2.75, 3.05) is 6.61 Å². The zero-order valence-corrected chi connectivity index (χ0v) is 10.4. The lowest BCUT2D eigenvalue weighted by atomic mass is 9.78. The minimum absolute atomic E-state index is 0.0508. The normalized spacial score (nSPS) is 24.7. The molecule has 0 radical (unpaired) electrons. The molecule has 0 heterocycles. The van der Waals surface area contributed by atoms with Crippen LogP contribution in [0.2, 0.25) is 0 Å². The third-order valence-corrected chi connectivity index (χ3v) is 3.47. The Morgan fingerprint density at radius 2 is 2.11 bits per heavy atom. The molecule has 0 saturated heterocycles. The molecule has 4 heteroatoms. The predicted molar refractivity (Wildman–Crippen MR) is 64.1 cm³/mol. The van der Waals surface area contributed by atoms with Gasteiger partial charge in [-0.3, -0.25) is 0 Å². The van der Waals surface area contributed by atoms with Gasteiger partial charge in [-0.15, -0.1) is 0 Å². The summed E-state index contributed by atoms with van der Waals surface area (Å²) in [5.74, 6) is -0.741. The summed E-state index contributed by atoms with van der Waals surface area (Å²) in [6.45, 7) is 2.64. The zero-order valence-electron chi connectivity index (χ0n) is 10.4. The lowest BCUT2D eigenvalue weighted by Crippen LogP contribution is -2.32. The highest BCUT2D eigenvalue weighted by molar-refractivity contribution is 5.21. The summed E-state index contributed by atoms with van der Waals surface area (Å²) in [7, 11) is 0. The second-order valence-electron chi connectivity index (χ2n) is 4.83. The standard InChI is InChI=1S/C14H18F2O2/c1-2-18-11-5-9(6-11)7-14(17)12-8-10(15)3-4-13(12)16/h3-4,8-9,11,14,17H,2,5-7H2,1H3. The van der Waals surface area contributed by atoms with Gasteiger partial charge in [0, 0.05) is 12.2 Å². The second-order valence-corrected chi connectivity index (χ2v) is 4.83. The van der Waals surface area contributed by atoms with Gasteiger partial charge in [-0.25, -0.2) is 8.78 Å². The first kappa shape index (κ1) is 13.4. The minimum atomic E-state index is -0.937. The van der Waals surface area contributed by atoms with Crippen LogP contribution < -0.4 is 0 Å². The van der Waals surface area contributed by atoms with E-state index in [1.54, 1.807) is 0 Å².